The number of hydrogen-bond acceptors (Lipinski definition) is 4. The number of carbonyl (C=O) groups excluding carboxylic acids is 2. The third-order valence-electron chi connectivity index (χ3n) is 8.19. The van der Waals surface area contributed by atoms with Gasteiger partial charge in [0.1, 0.15) is 0 Å². The molecule has 0 bridgehead atoms. The van der Waals surface area contributed by atoms with E-state index in [0.717, 1.165) is 50.0 Å². The van der Waals surface area contributed by atoms with Crippen molar-refractivity contribution in [2.24, 2.45) is 11.8 Å². The Hall–Kier alpha value is -3.67. The predicted molar refractivity (Wildman–Crippen MR) is 139 cm³/mol. The van der Waals surface area contributed by atoms with E-state index >= 15 is 0 Å². The van der Waals surface area contributed by atoms with Crippen LogP contribution in [-0.2, 0) is 4.79 Å². The number of hydrogen-bond donors (Lipinski definition) is 2. The monoisotopic (exact) mass is 480 g/mol. The minimum absolute atomic E-state index is 0.00866. The van der Waals surface area contributed by atoms with Crippen LogP contribution in [0.4, 0.5) is 5.69 Å². The van der Waals surface area contributed by atoms with Gasteiger partial charge in [-0.05, 0) is 55.2 Å². The summed E-state index contributed by atoms with van der Waals surface area (Å²) >= 11 is 0. The highest BCUT2D eigenvalue weighted by atomic mass is 16.2. The van der Waals surface area contributed by atoms with Crippen LogP contribution in [0.1, 0.15) is 65.8 Å². The molecule has 2 N–H and O–H groups in total. The lowest BCUT2D eigenvalue weighted by Gasteiger charge is -2.41. The van der Waals surface area contributed by atoms with Gasteiger partial charge in [0, 0.05) is 36.0 Å². The zero-order valence-corrected chi connectivity index (χ0v) is 20.3. The van der Waals surface area contributed by atoms with Gasteiger partial charge >= 0.3 is 0 Å². The number of carbonyl (C=O) groups is 2. The van der Waals surface area contributed by atoms with Gasteiger partial charge in [-0.1, -0.05) is 55.3 Å². The standard InChI is InChI=1S/C30H32N4O2/c35-29(20-10-2-1-3-11-20)33-25-15-7-5-13-22(25)30(36)34-19-17-23-27(26-16-8-9-18-31-26)32-24-14-6-4-12-21(24)28(23)34/h1-4,6,8-12,14,16,18,22-23,25,27-28,32H,5,7,13,15,17,19H2,(H,33,35)/t22-,23+,25+,27+,28-/m0/s1. The van der Waals surface area contributed by atoms with Crippen molar-refractivity contribution in [3.63, 3.8) is 0 Å². The van der Waals surface area contributed by atoms with E-state index in [4.69, 9.17) is 0 Å². The van der Waals surface area contributed by atoms with E-state index in [1.807, 2.05) is 54.7 Å². The summed E-state index contributed by atoms with van der Waals surface area (Å²) in [6.45, 7) is 0.726. The number of nitrogens with one attached hydrogen (secondary N) is 2. The lowest BCUT2D eigenvalue weighted by atomic mass is 9.80. The number of para-hydroxylation sites is 1. The molecule has 0 unspecified atom stereocenters. The van der Waals surface area contributed by atoms with Crippen molar-refractivity contribution in [1.29, 1.82) is 0 Å². The van der Waals surface area contributed by atoms with Gasteiger partial charge in [0.2, 0.25) is 5.91 Å². The molecule has 1 saturated carbocycles. The molecule has 0 radical (unpaired) electrons. The maximum Gasteiger partial charge on any atom is 0.251 e. The van der Waals surface area contributed by atoms with E-state index < -0.39 is 0 Å². The van der Waals surface area contributed by atoms with Gasteiger partial charge in [0.25, 0.3) is 5.91 Å². The van der Waals surface area contributed by atoms with Gasteiger partial charge < -0.3 is 15.5 Å². The van der Waals surface area contributed by atoms with Crippen LogP contribution in [0.5, 0.6) is 0 Å². The highest BCUT2D eigenvalue weighted by molar-refractivity contribution is 5.94. The van der Waals surface area contributed by atoms with Crippen LogP contribution in [0.25, 0.3) is 0 Å². The average molecular weight is 481 g/mol. The fourth-order valence-corrected chi connectivity index (χ4v) is 6.48. The first-order valence-corrected chi connectivity index (χ1v) is 13.1. The Balaban J connectivity index is 1.28. The van der Waals surface area contributed by atoms with Crippen molar-refractivity contribution in [3.05, 3.63) is 95.8 Å². The van der Waals surface area contributed by atoms with Crippen molar-refractivity contribution in [2.45, 2.75) is 50.2 Å². The summed E-state index contributed by atoms with van der Waals surface area (Å²) < 4.78 is 0. The summed E-state index contributed by atoms with van der Waals surface area (Å²) in [5.41, 5.74) is 3.91. The van der Waals surface area contributed by atoms with Crippen LogP contribution in [0.15, 0.2) is 79.0 Å². The zero-order chi connectivity index (χ0) is 24.5. The van der Waals surface area contributed by atoms with E-state index in [-0.39, 0.29) is 41.8 Å². The molecule has 1 saturated heterocycles. The molecular formula is C30H32N4O2. The largest absolute Gasteiger partial charge is 0.376 e. The Morgan fingerprint density at radius 2 is 1.67 bits per heavy atom. The third kappa shape index (κ3) is 4.15. The molecule has 6 nitrogen and oxygen atoms in total. The van der Waals surface area contributed by atoms with Crippen molar-refractivity contribution in [1.82, 2.24) is 15.2 Å². The van der Waals surface area contributed by atoms with Gasteiger partial charge in [0.05, 0.1) is 23.7 Å². The Morgan fingerprint density at radius 1 is 0.889 bits per heavy atom. The molecule has 2 fully saturated rings. The maximum absolute atomic E-state index is 14.2. The minimum Gasteiger partial charge on any atom is -0.376 e. The first-order chi connectivity index (χ1) is 17.7. The molecule has 2 amide bonds. The summed E-state index contributed by atoms with van der Waals surface area (Å²) in [6.07, 6.45) is 6.47. The SMILES string of the molecule is O=C(N[C@@H]1CCCC[C@@H]1C(=O)N1CC[C@@H]2[C@H](c3ccccn3)Nc3ccccc3[C@@H]21)c1ccccc1. The zero-order valence-electron chi connectivity index (χ0n) is 20.3. The molecule has 2 aliphatic heterocycles. The first-order valence-electron chi connectivity index (χ1n) is 13.1. The summed E-state index contributed by atoms with van der Waals surface area (Å²) in [4.78, 5) is 33.9. The van der Waals surface area contributed by atoms with E-state index in [9.17, 15) is 9.59 Å². The second-order valence-corrected chi connectivity index (χ2v) is 10.2. The second kappa shape index (κ2) is 9.76. The fourth-order valence-electron chi connectivity index (χ4n) is 6.48. The summed E-state index contributed by atoms with van der Waals surface area (Å²) in [6, 6.07) is 23.6. The van der Waals surface area contributed by atoms with Crippen molar-refractivity contribution in [2.75, 3.05) is 11.9 Å². The number of likely N-dealkylation sites (tertiary alicyclic amines) is 1. The molecule has 184 valence electrons. The Kier molecular flexibility index (Phi) is 6.18. The molecular weight excluding hydrogens is 448 g/mol. The molecule has 3 heterocycles. The summed E-state index contributed by atoms with van der Waals surface area (Å²) in [5.74, 6) is 0.138. The Labute approximate surface area is 212 Å². The third-order valence-corrected chi connectivity index (χ3v) is 8.19. The van der Waals surface area contributed by atoms with Crippen LogP contribution in [-0.4, -0.2) is 34.3 Å². The number of rotatable bonds is 4. The topological polar surface area (TPSA) is 74.3 Å². The summed E-state index contributed by atoms with van der Waals surface area (Å²) in [5, 5.41) is 6.93. The number of anilines is 1. The normalized spacial score (nSPS) is 26.9. The van der Waals surface area contributed by atoms with Crippen LogP contribution in [0.3, 0.4) is 0 Å². The van der Waals surface area contributed by atoms with Gasteiger partial charge in [-0.25, -0.2) is 0 Å². The number of fused-ring (bicyclic) bond motifs is 3. The molecule has 5 atom stereocenters. The number of pyridine rings is 1. The quantitative estimate of drug-likeness (QED) is 0.543. The van der Waals surface area contributed by atoms with Crippen LogP contribution in [0, 0.1) is 11.8 Å². The summed E-state index contributed by atoms with van der Waals surface area (Å²) in [7, 11) is 0. The molecule has 1 aliphatic carbocycles. The van der Waals surface area contributed by atoms with E-state index in [1.54, 1.807) is 0 Å². The highest BCUT2D eigenvalue weighted by Gasteiger charge is 2.48. The van der Waals surface area contributed by atoms with Crippen LogP contribution in [0.2, 0.25) is 0 Å². The number of benzene rings is 2. The van der Waals surface area contributed by atoms with Crippen molar-refractivity contribution < 1.29 is 9.59 Å². The molecule has 1 aromatic heterocycles. The van der Waals surface area contributed by atoms with Gasteiger partial charge in [-0.15, -0.1) is 0 Å². The molecule has 36 heavy (non-hydrogen) atoms. The van der Waals surface area contributed by atoms with Crippen molar-refractivity contribution in [3.8, 4) is 0 Å². The second-order valence-electron chi connectivity index (χ2n) is 10.2. The minimum atomic E-state index is -0.194. The van der Waals surface area contributed by atoms with Crippen molar-refractivity contribution >= 4 is 17.5 Å². The number of nitrogens with zero attached hydrogens (tertiary/aromatic N) is 2. The van der Waals surface area contributed by atoms with E-state index in [0.29, 0.717) is 5.56 Å². The lowest BCUT2D eigenvalue weighted by Crippen LogP contribution is -2.50. The Morgan fingerprint density at radius 3 is 2.50 bits per heavy atom. The van der Waals surface area contributed by atoms with Gasteiger partial charge in [-0.3, -0.25) is 14.6 Å². The highest BCUT2D eigenvalue weighted by Crippen LogP contribution is 2.51. The van der Waals surface area contributed by atoms with E-state index in [1.165, 1.54) is 5.56 Å². The lowest BCUT2D eigenvalue weighted by molar-refractivity contribution is -0.138. The molecule has 3 aliphatic rings. The maximum atomic E-state index is 14.2. The molecule has 0 spiro atoms. The van der Waals surface area contributed by atoms with Crippen LogP contribution < -0.4 is 10.6 Å². The number of amides is 2. The van der Waals surface area contributed by atoms with Gasteiger partial charge in [-0.2, -0.15) is 0 Å². The number of aromatic nitrogens is 1. The predicted octanol–water partition coefficient (Wildman–Crippen LogP) is 5.13. The molecule has 3 aromatic rings. The van der Waals surface area contributed by atoms with Gasteiger partial charge in [0.15, 0.2) is 0 Å². The van der Waals surface area contributed by atoms with E-state index in [2.05, 4.69) is 44.8 Å². The Bertz CT molecular complexity index is 1230. The first kappa shape index (κ1) is 22.8. The molecule has 6 heteroatoms. The smallest absolute Gasteiger partial charge is 0.251 e. The fraction of sp³-hybridized carbons (Fsp3) is 0.367. The molecule has 6 rings (SSSR count). The molecule has 2 aromatic carbocycles. The van der Waals surface area contributed by atoms with Crippen LogP contribution >= 0.6 is 0 Å². The average Bonchev–Trinajstić information content (AvgIpc) is 3.39.